The van der Waals surface area contributed by atoms with Crippen molar-refractivity contribution in [1.82, 2.24) is 0 Å². The van der Waals surface area contributed by atoms with Crippen LogP contribution in [0.15, 0.2) is 6.07 Å². The standard InChI is InChI=1S/C15H16Cl2O4/c1-4-7-5-8-6-9(21-15(2,3)14(19)20)11(16)12(17)10(8)13(7)18/h6-7H,4-5H2,1-3H3,(H,19,20). The van der Waals surface area contributed by atoms with Gasteiger partial charge >= 0.3 is 5.97 Å². The number of carboxylic acids is 1. The molecular weight excluding hydrogens is 315 g/mol. The number of carboxylic acid groups (broad SMARTS) is 1. The summed E-state index contributed by atoms with van der Waals surface area (Å²) in [5.74, 6) is -1.03. The number of carbonyl (C=O) groups excluding carboxylic acids is 1. The molecule has 0 amide bonds. The Balaban J connectivity index is 2.47. The number of benzene rings is 1. The van der Waals surface area contributed by atoms with Crippen LogP contribution in [-0.4, -0.2) is 22.5 Å². The Kier molecular flexibility index (Phi) is 4.22. The molecule has 0 aliphatic heterocycles. The first-order chi connectivity index (χ1) is 9.69. The lowest BCUT2D eigenvalue weighted by atomic mass is 10.0. The molecule has 2 rings (SSSR count). The molecular formula is C15H16Cl2O4. The van der Waals surface area contributed by atoms with Crippen molar-refractivity contribution in [1.29, 1.82) is 0 Å². The van der Waals surface area contributed by atoms with E-state index in [1.807, 2.05) is 6.92 Å². The van der Waals surface area contributed by atoms with Crippen LogP contribution >= 0.6 is 23.2 Å². The highest BCUT2D eigenvalue weighted by Crippen LogP contribution is 2.43. The van der Waals surface area contributed by atoms with Gasteiger partial charge in [0.25, 0.3) is 0 Å². The third-order valence-corrected chi connectivity index (χ3v) is 4.56. The van der Waals surface area contributed by atoms with Crippen LogP contribution < -0.4 is 4.74 Å². The summed E-state index contributed by atoms with van der Waals surface area (Å²) in [5.41, 5.74) is -0.236. The van der Waals surface area contributed by atoms with E-state index < -0.39 is 11.6 Å². The zero-order valence-electron chi connectivity index (χ0n) is 12.0. The molecule has 0 spiro atoms. The van der Waals surface area contributed by atoms with Gasteiger partial charge in [-0.1, -0.05) is 30.1 Å². The number of aliphatic carboxylic acids is 1. The lowest BCUT2D eigenvalue weighted by Gasteiger charge is -2.23. The summed E-state index contributed by atoms with van der Waals surface area (Å²) >= 11 is 12.3. The molecule has 0 bridgehead atoms. The van der Waals surface area contributed by atoms with Crippen LogP contribution in [-0.2, 0) is 11.2 Å². The molecule has 4 nitrogen and oxygen atoms in total. The molecule has 0 radical (unpaired) electrons. The van der Waals surface area contributed by atoms with Crippen molar-refractivity contribution in [2.75, 3.05) is 0 Å². The summed E-state index contributed by atoms with van der Waals surface area (Å²) in [5, 5.41) is 9.35. The number of halogens is 2. The molecule has 1 N–H and O–H groups in total. The smallest absolute Gasteiger partial charge is 0.347 e. The molecule has 1 unspecified atom stereocenters. The molecule has 1 aromatic carbocycles. The topological polar surface area (TPSA) is 63.6 Å². The van der Waals surface area contributed by atoms with E-state index in [0.29, 0.717) is 12.0 Å². The van der Waals surface area contributed by atoms with Gasteiger partial charge in [0, 0.05) is 11.5 Å². The zero-order chi connectivity index (χ0) is 15.9. The van der Waals surface area contributed by atoms with Crippen LogP contribution in [0.5, 0.6) is 5.75 Å². The molecule has 114 valence electrons. The van der Waals surface area contributed by atoms with E-state index in [1.54, 1.807) is 6.07 Å². The Morgan fingerprint density at radius 1 is 1.43 bits per heavy atom. The Morgan fingerprint density at radius 3 is 2.57 bits per heavy atom. The van der Waals surface area contributed by atoms with Crippen molar-refractivity contribution in [3.63, 3.8) is 0 Å². The summed E-state index contributed by atoms with van der Waals surface area (Å²) in [7, 11) is 0. The van der Waals surface area contributed by atoms with Crippen molar-refractivity contribution in [2.24, 2.45) is 5.92 Å². The molecule has 1 aliphatic rings. The SMILES string of the molecule is CCC1Cc2cc(OC(C)(C)C(=O)O)c(Cl)c(Cl)c2C1=O. The molecule has 1 aliphatic carbocycles. The fourth-order valence-electron chi connectivity index (χ4n) is 2.36. The van der Waals surface area contributed by atoms with Crippen LogP contribution in [0.25, 0.3) is 0 Å². The van der Waals surface area contributed by atoms with Crippen LogP contribution in [0.4, 0.5) is 0 Å². The van der Waals surface area contributed by atoms with E-state index in [1.165, 1.54) is 13.8 Å². The van der Waals surface area contributed by atoms with Gasteiger partial charge in [-0.15, -0.1) is 0 Å². The second-order valence-corrected chi connectivity index (χ2v) is 6.38. The van der Waals surface area contributed by atoms with E-state index in [2.05, 4.69) is 0 Å². The van der Waals surface area contributed by atoms with Gasteiger partial charge in [0.2, 0.25) is 0 Å². The average molecular weight is 331 g/mol. The Labute approximate surface area is 133 Å². The zero-order valence-corrected chi connectivity index (χ0v) is 13.5. The number of hydrogen-bond donors (Lipinski definition) is 1. The highest BCUT2D eigenvalue weighted by Gasteiger charge is 2.36. The van der Waals surface area contributed by atoms with Gasteiger partial charge in [-0.25, -0.2) is 4.79 Å². The molecule has 1 atom stereocenters. The highest BCUT2D eigenvalue weighted by atomic mass is 35.5. The van der Waals surface area contributed by atoms with Crippen molar-refractivity contribution in [2.45, 2.75) is 39.2 Å². The van der Waals surface area contributed by atoms with Crippen LogP contribution in [0.2, 0.25) is 10.0 Å². The van der Waals surface area contributed by atoms with Gasteiger partial charge in [0.15, 0.2) is 11.4 Å². The predicted octanol–water partition coefficient (Wildman–Crippen LogP) is 4.00. The first-order valence-corrected chi connectivity index (χ1v) is 7.42. The number of ketones is 1. The maximum absolute atomic E-state index is 12.2. The van der Waals surface area contributed by atoms with Crippen molar-refractivity contribution >= 4 is 35.0 Å². The fraction of sp³-hybridized carbons (Fsp3) is 0.467. The minimum atomic E-state index is -1.44. The maximum Gasteiger partial charge on any atom is 0.347 e. The monoisotopic (exact) mass is 330 g/mol. The Hall–Kier alpha value is -1.26. The fourth-order valence-corrected chi connectivity index (χ4v) is 2.86. The molecule has 0 heterocycles. The van der Waals surface area contributed by atoms with E-state index in [-0.39, 0.29) is 27.5 Å². The summed E-state index contributed by atoms with van der Waals surface area (Å²) in [6.07, 6.45) is 1.30. The average Bonchev–Trinajstić information content (AvgIpc) is 2.71. The van der Waals surface area contributed by atoms with Crippen molar-refractivity contribution in [3.8, 4) is 5.75 Å². The van der Waals surface area contributed by atoms with E-state index in [9.17, 15) is 9.59 Å². The van der Waals surface area contributed by atoms with Crippen molar-refractivity contribution < 1.29 is 19.4 Å². The van der Waals surface area contributed by atoms with Gasteiger partial charge in [-0.05, 0) is 38.3 Å². The summed E-state index contributed by atoms with van der Waals surface area (Å²) in [6.45, 7) is 4.79. The maximum atomic E-state index is 12.2. The molecule has 21 heavy (non-hydrogen) atoms. The number of hydrogen-bond acceptors (Lipinski definition) is 3. The van der Waals surface area contributed by atoms with Gasteiger partial charge in [0.1, 0.15) is 10.8 Å². The lowest BCUT2D eigenvalue weighted by Crippen LogP contribution is -2.38. The summed E-state index contributed by atoms with van der Waals surface area (Å²) in [4.78, 5) is 23.4. The van der Waals surface area contributed by atoms with E-state index >= 15 is 0 Å². The minimum absolute atomic E-state index is 0.0107. The quantitative estimate of drug-likeness (QED) is 0.906. The van der Waals surface area contributed by atoms with Crippen LogP contribution in [0, 0.1) is 5.92 Å². The second-order valence-electron chi connectivity index (χ2n) is 5.63. The second kappa shape index (κ2) is 5.50. The van der Waals surface area contributed by atoms with Gasteiger partial charge < -0.3 is 9.84 Å². The molecule has 0 saturated carbocycles. The predicted molar refractivity (Wildman–Crippen MR) is 80.6 cm³/mol. The largest absolute Gasteiger partial charge is 0.478 e. The first kappa shape index (κ1) is 16.1. The third-order valence-electron chi connectivity index (χ3n) is 3.71. The Bertz CT molecular complexity index is 623. The normalized spacial score (nSPS) is 17.8. The minimum Gasteiger partial charge on any atom is -0.478 e. The summed E-state index contributed by atoms with van der Waals surface area (Å²) in [6, 6.07) is 1.63. The molecule has 0 aromatic heterocycles. The van der Waals surface area contributed by atoms with E-state index in [4.69, 9.17) is 33.0 Å². The first-order valence-electron chi connectivity index (χ1n) is 6.66. The van der Waals surface area contributed by atoms with E-state index in [0.717, 1.165) is 12.0 Å². The number of rotatable bonds is 4. The number of fused-ring (bicyclic) bond motifs is 1. The molecule has 1 aromatic rings. The molecule has 0 fully saturated rings. The third kappa shape index (κ3) is 2.74. The van der Waals surface area contributed by atoms with Gasteiger partial charge in [0.05, 0.1) is 5.02 Å². The number of ether oxygens (including phenoxy) is 1. The number of Topliss-reactive ketones (excluding diaryl/α,β-unsaturated/α-hetero) is 1. The number of carbonyl (C=O) groups is 2. The van der Waals surface area contributed by atoms with Crippen LogP contribution in [0.3, 0.4) is 0 Å². The lowest BCUT2D eigenvalue weighted by molar-refractivity contribution is -0.152. The molecule has 0 saturated heterocycles. The van der Waals surface area contributed by atoms with Crippen molar-refractivity contribution in [3.05, 3.63) is 27.2 Å². The Morgan fingerprint density at radius 2 is 2.05 bits per heavy atom. The highest BCUT2D eigenvalue weighted by molar-refractivity contribution is 6.45. The van der Waals surface area contributed by atoms with Gasteiger partial charge in [-0.3, -0.25) is 4.79 Å². The van der Waals surface area contributed by atoms with Crippen LogP contribution in [0.1, 0.15) is 43.1 Å². The summed E-state index contributed by atoms with van der Waals surface area (Å²) < 4.78 is 5.48. The molecule has 6 heteroatoms. The van der Waals surface area contributed by atoms with Gasteiger partial charge in [-0.2, -0.15) is 0 Å².